The molecule has 0 saturated carbocycles. The zero-order valence-electron chi connectivity index (χ0n) is 17.3. The predicted octanol–water partition coefficient (Wildman–Crippen LogP) is 6.06. The van der Waals surface area contributed by atoms with E-state index < -0.39 is 0 Å². The molecule has 5 rings (SSSR count). The first-order valence-electron chi connectivity index (χ1n) is 10.1. The molecule has 32 heavy (non-hydrogen) atoms. The maximum atomic E-state index is 13.0. The molecule has 0 aliphatic carbocycles. The first-order valence-corrected chi connectivity index (χ1v) is 15.4. The van der Waals surface area contributed by atoms with Gasteiger partial charge in [-0.25, -0.2) is 0 Å². The Morgan fingerprint density at radius 1 is 0.875 bits per heavy atom. The molecule has 4 aromatic heterocycles. The number of fused-ring (bicyclic) bond motifs is 2. The zero-order chi connectivity index (χ0) is 22.2. The minimum atomic E-state index is -0.361. The molecule has 1 aromatic carbocycles. The summed E-state index contributed by atoms with van der Waals surface area (Å²) in [6.45, 7) is 3.88. The number of thiophene rings is 2. The fourth-order valence-electron chi connectivity index (χ4n) is 3.43. The molecule has 162 valence electrons. The van der Waals surface area contributed by atoms with E-state index in [9.17, 15) is 9.59 Å². The summed E-state index contributed by atoms with van der Waals surface area (Å²) in [5.41, 5.74) is 2.02. The van der Waals surface area contributed by atoms with Gasteiger partial charge in [0, 0.05) is 0 Å². The van der Waals surface area contributed by atoms with Crippen LogP contribution in [0, 0.1) is 0 Å². The third-order valence-electron chi connectivity index (χ3n) is 4.94. The number of carbonyl (C=O) groups is 2. The maximum absolute atomic E-state index is 13.0. The normalized spacial score (nSPS) is 11.3. The Labute approximate surface area is 204 Å². The summed E-state index contributed by atoms with van der Waals surface area (Å²) in [5.74, 6) is -0.167. The van der Waals surface area contributed by atoms with Crippen LogP contribution in [0.1, 0.15) is 30.6 Å². The van der Waals surface area contributed by atoms with Crippen LogP contribution in [0.3, 0.4) is 0 Å². The summed E-state index contributed by atoms with van der Waals surface area (Å²) in [6.07, 6.45) is 0.280. The summed E-state index contributed by atoms with van der Waals surface area (Å²) in [7, 11) is 0. The van der Waals surface area contributed by atoms with Gasteiger partial charge in [0.15, 0.2) is 0 Å². The fourth-order valence-corrected chi connectivity index (χ4v) is 10.2. The van der Waals surface area contributed by atoms with Crippen LogP contribution >= 0.6 is 22.7 Å². The Kier molecular flexibility index (Phi) is 6.26. The fraction of sp³-hybridized carbons (Fsp3) is 0.167. The summed E-state index contributed by atoms with van der Waals surface area (Å²) in [6, 6.07) is 12.3. The molecule has 5 aromatic rings. The second kappa shape index (κ2) is 9.14. The van der Waals surface area contributed by atoms with Crippen LogP contribution in [-0.4, -0.2) is 47.6 Å². The summed E-state index contributed by atoms with van der Waals surface area (Å²) in [5, 5.41) is 0. The topological polar surface area (TPSA) is 52.6 Å². The number of rotatable bonds is 6. The van der Waals surface area contributed by atoms with Crippen molar-refractivity contribution < 1.29 is 19.1 Å². The number of ether oxygens (including phenoxy) is 2. The standard InChI is InChI=1S/C24H18O4S2Se2/c1-3-23(25)28-16-10-13(19-11-21-17(29-19)5-7-31-21)14(24(26)27-4-2)9-15(16)20-12-22-18(30-20)6-8-32-22/h5-12H,3-4H2,1-2H3. The molecule has 0 aliphatic rings. The Balaban J connectivity index is 1.73. The van der Waals surface area contributed by atoms with Crippen LogP contribution in [0.5, 0.6) is 5.75 Å². The van der Waals surface area contributed by atoms with Gasteiger partial charge >= 0.3 is 206 Å². The molecular weight excluding hydrogens is 574 g/mol. The molecule has 0 unspecified atom stereocenters. The van der Waals surface area contributed by atoms with Crippen LogP contribution < -0.4 is 4.74 Å². The predicted molar refractivity (Wildman–Crippen MR) is 134 cm³/mol. The van der Waals surface area contributed by atoms with Crippen molar-refractivity contribution in [1.29, 1.82) is 0 Å². The SMILES string of the molecule is CCOC(=O)c1cc(-c2cc3[se]ccc3s2)c(OC(=O)CC)cc1-c1cc2[se]ccc2s1. The van der Waals surface area contributed by atoms with Crippen molar-refractivity contribution in [3.8, 4) is 26.6 Å². The van der Waals surface area contributed by atoms with Gasteiger partial charge in [-0.1, -0.05) is 0 Å². The second-order valence-corrected chi connectivity index (χ2v) is 13.1. The van der Waals surface area contributed by atoms with Crippen molar-refractivity contribution in [2.24, 2.45) is 0 Å². The van der Waals surface area contributed by atoms with Gasteiger partial charge in [-0.15, -0.1) is 0 Å². The van der Waals surface area contributed by atoms with E-state index in [2.05, 4.69) is 34.1 Å². The third-order valence-corrected chi connectivity index (χ3v) is 11.4. The molecule has 4 nitrogen and oxygen atoms in total. The van der Waals surface area contributed by atoms with Gasteiger partial charge < -0.3 is 0 Å². The zero-order valence-corrected chi connectivity index (χ0v) is 22.4. The molecule has 0 bridgehead atoms. The quantitative estimate of drug-likeness (QED) is 0.137. The van der Waals surface area contributed by atoms with E-state index in [0.29, 0.717) is 46.9 Å². The van der Waals surface area contributed by atoms with E-state index in [1.807, 2.05) is 12.1 Å². The molecule has 0 saturated heterocycles. The van der Waals surface area contributed by atoms with Gasteiger partial charge in [-0.05, 0) is 0 Å². The molecule has 0 amide bonds. The number of hydrogen-bond acceptors (Lipinski definition) is 6. The van der Waals surface area contributed by atoms with Crippen molar-refractivity contribution >= 4 is 81.5 Å². The Bertz CT molecular complexity index is 1400. The van der Waals surface area contributed by atoms with Crippen molar-refractivity contribution in [3.05, 3.63) is 51.8 Å². The molecule has 0 spiro atoms. The van der Waals surface area contributed by atoms with Gasteiger partial charge in [-0.2, -0.15) is 0 Å². The van der Waals surface area contributed by atoms with Crippen LogP contribution in [0.4, 0.5) is 0 Å². The Hall–Kier alpha value is -1.92. The van der Waals surface area contributed by atoms with Crippen LogP contribution in [0.2, 0.25) is 0 Å². The molecule has 8 heteroatoms. The van der Waals surface area contributed by atoms with Gasteiger partial charge in [0.2, 0.25) is 0 Å². The van der Waals surface area contributed by atoms with E-state index in [1.165, 1.54) is 17.9 Å². The monoisotopic (exact) mass is 594 g/mol. The van der Waals surface area contributed by atoms with Crippen molar-refractivity contribution in [3.63, 3.8) is 0 Å². The molecule has 0 N–H and O–H groups in total. The number of hydrogen-bond donors (Lipinski definition) is 0. The number of carbonyl (C=O) groups excluding carboxylic acids is 2. The molecule has 4 heterocycles. The van der Waals surface area contributed by atoms with Gasteiger partial charge in [0.05, 0.1) is 0 Å². The van der Waals surface area contributed by atoms with Gasteiger partial charge in [0.1, 0.15) is 0 Å². The summed E-state index contributed by atoms with van der Waals surface area (Å²) < 4.78 is 16.3. The van der Waals surface area contributed by atoms with Crippen LogP contribution in [0.25, 0.3) is 38.8 Å². The van der Waals surface area contributed by atoms with E-state index in [4.69, 9.17) is 9.47 Å². The number of benzene rings is 1. The average Bonchev–Trinajstić information content (AvgIpc) is 3.53. The second-order valence-electron chi connectivity index (χ2n) is 6.96. The van der Waals surface area contributed by atoms with Crippen LogP contribution in [-0.2, 0) is 9.53 Å². The first-order chi connectivity index (χ1) is 15.6. The molecule has 0 atom stereocenters. The van der Waals surface area contributed by atoms with E-state index in [1.54, 1.807) is 36.5 Å². The summed E-state index contributed by atoms with van der Waals surface area (Å²) in [4.78, 5) is 31.6. The van der Waals surface area contributed by atoms with E-state index in [0.717, 1.165) is 20.9 Å². The van der Waals surface area contributed by atoms with Gasteiger partial charge in [0.25, 0.3) is 0 Å². The molecule has 0 aliphatic heterocycles. The van der Waals surface area contributed by atoms with Gasteiger partial charge in [-0.3, -0.25) is 0 Å². The van der Waals surface area contributed by atoms with Crippen LogP contribution in [0.15, 0.2) is 46.3 Å². The number of esters is 2. The third kappa shape index (κ3) is 4.08. The average molecular weight is 592 g/mol. The molecular formula is C24H18O4S2Se2. The molecule has 0 fully saturated rings. The van der Waals surface area contributed by atoms with E-state index in [-0.39, 0.29) is 18.4 Å². The molecule has 0 radical (unpaired) electrons. The van der Waals surface area contributed by atoms with Crippen molar-refractivity contribution in [2.75, 3.05) is 6.61 Å². The van der Waals surface area contributed by atoms with E-state index >= 15 is 0 Å². The Morgan fingerprint density at radius 2 is 1.50 bits per heavy atom. The minimum absolute atomic E-state index is 0.280. The van der Waals surface area contributed by atoms with Crippen molar-refractivity contribution in [1.82, 2.24) is 0 Å². The first kappa shape index (κ1) is 21.9. The Morgan fingerprint density at radius 3 is 2.06 bits per heavy atom. The van der Waals surface area contributed by atoms with Crippen molar-refractivity contribution in [2.45, 2.75) is 20.3 Å². The summed E-state index contributed by atoms with van der Waals surface area (Å²) >= 11 is 3.95.